The van der Waals surface area contributed by atoms with E-state index in [2.05, 4.69) is 178 Å². The van der Waals surface area contributed by atoms with Gasteiger partial charge in [-0.3, -0.25) is 19.9 Å². The molecule has 147 heavy (non-hydrogen) atoms. The monoisotopic (exact) mass is 2140 g/mol. The molecule has 0 radical (unpaired) electrons. The van der Waals surface area contributed by atoms with Crippen LogP contribution in [0.25, 0.3) is 47.2 Å². The molecule has 10 aliphatic rings. The van der Waals surface area contributed by atoms with Gasteiger partial charge in [-0.2, -0.15) is 131 Å². The van der Waals surface area contributed by atoms with E-state index in [0.717, 1.165) is 226 Å². The molecule has 6 aromatic heterocycles. The number of aryl methyl sites for hydroxylation is 3. The maximum absolute atomic E-state index is 13.8. The molecular weight excluding hydrogens is 1990 g/mol. The van der Waals surface area contributed by atoms with Gasteiger partial charge in [0.25, 0.3) is 5.91 Å². The lowest BCUT2D eigenvalue weighted by molar-refractivity contribution is -0.134. The van der Waals surface area contributed by atoms with Crippen LogP contribution in [-0.2, 0) is 58.0 Å². The molecule has 19 rings (SSSR count). The minimum absolute atomic E-state index is 0. The van der Waals surface area contributed by atoms with E-state index in [9.17, 15) is 23.2 Å². The number of likely N-dealkylation sites (tertiary alicyclic amines) is 3. The van der Waals surface area contributed by atoms with Gasteiger partial charge < -0.3 is 92.3 Å². The van der Waals surface area contributed by atoms with Crippen molar-refractivity contribution in [2.24, 2.45) is 5.92 Å². The van der Waals surface area contributed by atoms with Gasteiger partial charge in [-0.15, -0.1) is 0 Å². The van der Waals surface area contributed by atoms with Crippen LogP contribution in [0, 0.1) is 67.2 Å². The Bertz CT molecular complexity index is 6130. The minimum atomic E-state index is -1.60. The zero-order valence-electron chi connectivity index (χ0n) is 85.0. The number of nitrogens with zero attached hydrogens (tertiary/aromatic N) is 24. The average molecular weight is 2140 g/mol. The van der Waals surface area contributed by atoms with Crippen LogP contribution < -0.4 is 43.6 Å². The topological polar surface area (TPSA) is 319 Å². The number of carbonyl (C=O) groups excluding carboxylic acids is 2. The van der Waals surface area contributed by atoms with Gasteiger partial charge in [0.2, 0.25) is 25.5 Å². The molecule has 1 unspecified atom stereocenters. The number of aromatic nitrogens is 12. The van der Waals surface area contributed by atoms with Gasteiger partial charge in [0.1, 0.15) is 55.0 Å². The van der Waals surface area contributed by atoms with Gasteiger partial charge in [-0.05, 0) is 245 Å². The summed E-state index contributed by atoms with van der Waals surface area (Å²) in [6.07, 6.45) is 20.0. The third kappa shape index (κ3) is 28.2. The van der Waals surface area contributed by atoms with Crippen LogP contribution in [0.4, 0.5) is 48.1 Å². The lowest BCUT2D eigenvalue weighted by Gasteiger charge is -2.41. The fourth-order valence-electron chi connectivity index (χ4n) is 21.3. The number of fused-ring (bicyclic) bond motifs is 6. The standard InChI is InChI=1S/C38H53N9O4.C31H38FN9O2.C29H38N8O.C3H3FO2.3CH4.6H2S/c1-25-19-32-30(21-40-47(32)33-12-8-9-18-49-33)34(26(25)2)44-15-13-29-31(23-44)41-36(50-24-27-11-10-14-43(27)7)42-35(29)45-16-17-46(28(22-45)20-39-6)37(48)51-38(3,4)5;1-19-13-26-25(15-34-37-26)28(20(19)2)39-10-8-24-27(17-39)35-31(43-18-22-7-6-9-38(22)5)36-29(24)40-11-12-41(30(42)21(3)32)23(16-40)14-33-4;1-19-13-25-24(15-31-34-25)27(20(19)2)36-12-9-23-26(17-36)32-29(38-18-22-8-6-10-35(22)4)33-28(23)37-11-5-7-21(16-37)14-30-3;1-2(4)3(5)6;;;;;;;;;/h19,21,27-28,33H,8-18,20,22-24H2,1-5,7H3;13,15,22-23H,3,6-12,14,16-18H2,1-2,5H3,(H,34,37);13,15,21-22H,5-12,14,16-18H2,1-2,4H3,(H,31,34);1H2,(H,5,6);3*1H4;6*1H2/t27-,28-,33?;22-,23-;21-,22-;;;;;;;;;;/m000........../s1. The number of carbonyl (C=O) groups is 3. The van der Waals surface area contributed by atoms with E-state index in [1.807, 2.05) is 39.4 Å². The second-order valence-electron chi connectivity index (χ2n) is 39.5. The Balaban J connectivity index is 0.000000284. The molecule has 0 aliphatic carbocycles. The highest BCUT2D eigenvalue weighted by atomic mass is 32.1. The lowest BCUT2D eigenvalue weighted by Crippen LogP contribution is -2.57. The smallest absolute Gasteiger partial charge is 0.410 e. The number of hydrogen-bond donors (Lipinski definition) is 3. The van der Waals surface area contributed by atoms with Gasteiger partial charge in [-0.1, -0.05) is 35.4 Å². The fraction of sp³-hybridized carbons (Fsp3) is 0.587. The van der Waals surface area contributed by atoms with Crippen molar-refractivity contribution < 1.29 is 52.0 Å². The van der Waals surface area contributed by atoms with Crippen molar-refractivity contribution in [3.05, 3.63) is 163 Å². The molecule has 2 amide bonds. The second kappa shape index (κ2) is 54.8. The Kier molecular flexibility index (Phi) is 46.0. The number of ether oxygens (including phenoxy) is 5. The van der Waals surface area contributed by atoms with Gasteiger partial charge in [-0.25, -0.2) is 38.4 Å². The number of aliphatic carboxylic acids is 1. The van der Waals surface area contributed by atoms with Crippen LogP contribution in [0.1, 0.15) is 187 Å². The van der Waals surface area contributed by atoms with Crippen molar-refractivity contribution in [1.29, 1.82) is 0 Å². The summed E-state index contributed by atoms with van der Waals surface area (Å²) in [5, 5.41) is 30.7. The molecule has 0 spiro atoms. The summed E-state index contributed by atoms with van der Waals surface area (Å²) in [5.74, 6) is -1.64. The van der Waals surface area contributed by atoms with Gasteiger partial charge >= 0.3 is 30.1 Å². The highest BCUT2D eigenvalue weighted by Crippen LogP contribution is 2.44. The first-order chi connectivity index (χ1) is 66.4. The molecule has 7 fully saturated rings. The van der Waals surface area contributed by atoms with Crippen molar-refractivity contribution in [1.82, 2.24) is 84.6 Å². The number of carboxylic acids is 1. The quantitative estimate of drug-likeness (QED) is 0.0444. The van der Waals surface area contributed by atoms with Gasteiger partial charge in [0, 0.05) is 135 Å². The first-order valence-corrected chi connectivity index (χ1v) is 48.8. The predicted molar refractivity (Wildman–Crippen MR) is 610 cm³/mol. The minimum Gasteiger partial charge on any atom is -0.476 e. The van der Waals surface area contributed by atoms with Crippen molar-refractivity contribution in [2.45, 2.75) is 236 Å². The highest BCUT2D eigenvalue weighted by molar-refractivity contribution is 7.60. The number of piperidine rings is 1. The maximum Gasteiger partial charge on any atom is 0.410 e. The Morgan fingerprint density at radius 1 is 0.476 bits per heavy atom. The number of aromatic amines is 2. The van der Waals surface area contributed by atoms with Crippen LogP contribution in [-0.4, -0.2) is 302 Å². The number of amides is 2. The third-order valence-corrected chi connectivity index (χ3v) is 29.2. The normalized spacial score (nSPS) is 20.1. The van der Waals surface area contributed by atoms with E-state index >= 15 is 0 Å². The van der Waals surface area contributed by atoms with E-state index in [4.69, 9.17) is 83.5 Å². The molecule has 35 nitrogen and oxygen atoms in total. The molecule has 9 aromatic rings. The second-order valence-corrected chi connectivity index (χ2v) is 39.5. The SMILES string of the molecule is C.C.C.C=C(F)C(=O)O.S.S.S.S.S.S.[C-]#[N+]C[C@@H]1CCCN(c2nc(OC[C@@H]3CCCN3C)nc3c2CCN(c2c(C)c(C)cc4[nH]ncc24)C3)C1.[C-]#[N+]C[C@H]1CN(c2nc(OC[C@@H]3CCCN3C)nc3c2CCN(c2c(C)c(C)cc4[nH]ncc24)C3)CCN1C(=O)C(=C)F.[C-]#[N+]C[C@H]1CN(c2nc(OC[C@@H]3CCCN3C)nc3c2CCN(c2c(C)c(C)cc4c2cnn4C2CCCCO2)C3)CCN1C(=O)OC(C)(C)C. The fourth-order valence-corrected chi connectivity index (χ4v) is 21.3. The largest absolute Gasteiger partial charge is 0.476 e. The third-order valence-electron chi connectivity index (χ3n) is 29.2. The summed E-state index contributed by atoms with van der Waals surface area (Å²) < 4.78 is 57.8. The van der Waals surface area contributed by atoms with Gasteiger partial charge in [0.15, 0.2) is 12.1 Å². The number of halogens is 2. The molecule has 3 aromatic carbocycles. The number of anilines is 6. The predicted octanol–water partition coefficient (Wildman–Crippen LogP) is 16.2. The Hall–Kier alpha value is -10.5. The molecule has 3 N–H and O–H groups in total. The summed E-state index contributed by atoms with van der Waals surface area (Å²) in [7, 11) is 6.43. The highest BCUT2D eigenvalue weighted by Gasteiger charge is 2.42. The molecule has 806 valence electrons. The molecular formula is C104H156F2N26O9S6. The molecule has 16 heterocycles. The summed E-state index contributed by atoms with van der Waals surface area (Å²) in [6.45, 7) is 62.1. The van der Waals surface area contributed by atoms with Crippen LogP contribution >= 0.6 is 81.0 Å². The molecule has 7 atom stereocenters. The first-order valence-electron chi connectivity index (χ1n) is 48.8. The number of rotatable bonds is 21. The molecule has 43 heteroatoms. The molecule has 7 saturated heterocycles. The summed E-state index contributed by atoms with van der Waals surface area (Å²) in [4.78, 5) is 100. The number of H-pyrrole nitrogens is 2. The Labute approximate surface area is 907 Å². The zero-order chi connectivity index (χ0) is 97.5. The van der Waals surface area contributed by atoms with Crippen LogP contribution in [0.2, 0.25) is 0 Å². The van der Waals surface area contributed by atoms with Crippen molar-refractivity contribution in [3.8, 4) is 18.0 Å². The van der Waals surface area contributed by atoms with E-state index in [0.29, 0.717) is 121 Å². The maximum atomic E-state index is 13.8. The van der Waals surface area contributed by atoms with Crippen LogP contribution in [0.15, 0.2) is 61.6 Å². The number of piperazine rings is 2. The van der Waals surface area contributed by atoms with Crippen molar-refractivity contribution in [2.75, 3.05) is 188 Å². The number of likely N-dealkylation sites (N-methyl/N-ethyl adjacent to an activating group) is 3. The van der Waals surface area contributed by atoms with Crippen LogP contribution in [0.3, 0.4) is 0 Å². The Morgan fingerprint density at radius 3 is 1.25 bits per heavy atom. The van der Waals surface area contributed by atoms with Crippen LogP contribution in [0.5, 0.6) is 18.0 Å². The van der Waals surface area contributed by atoms with E-state index in [-0.39, 0.29) is 141 Å². The summed E-state index contributed by atoms with van der Waals surface area (Å²) in [6, 6.07) is 8.04. The Morgan fingerprint density at radius 2 is 0.871 bits per heavy atom. The van der Waals surface area contributed by atoms with E-state index in [1.54, 1.807) is 4.90 Å². The molecule has 0 saturated carbocycles. The number of benzene rings is 3. The van der Waals surface area contributed by atoms with Crippen molar-refractivity contribution >= 4 is 166 Å². The van der Waals surface area contributed by atoms with Gasteiger partial charge in [0.05, 0.1) is 88.9 Å². The number of carboxylic acid groups (broad SMARTS) is 1. The summed E-state index contributed by atoms with van der Waals surface area (Å²) >= 11 is 0. The number of hydrogen-bond acceptors (Lipinski definition) is 26. The molecule has 0 bridgehead atoms. The summed E-state index contributed by atoms with van der Waals surface area (Å²) in [5.41, 5.74) is 19.9. The van der Waals surface area contributed by atoms with Crippen molar-refractivity contribution in [3.63, 3.8) is 0 Å². The number of nitrogens with one attached hydrogen (secondary N) is 2. The molecule has 10 aliphatic heterocycles. The average Bonchev–Trinajstić information content (AvgIpc) is 1.73. The lowest BCUT2D eigenvalue weighted by atomic mass is 9.96. The zero-order valence-corrected chi connectivity index (χ0v) is 91.0. The first kappa shape index (κ1) is 123. The van der Waals surface area contributed by atoms with E-state index in [1.165, 1.54) is 61.6 Å². The van der Waals surface area contributed by atoms with E-state index < -0.39 is 35.2 Å².